The molecule has 4 atom stereocenters. The van der Waals surface area contributed by atoms with Crippen molar-refractivity contribution in [1.82, 2.24) is 14.9 Å². The van der Waals surface area contributed by atoms with E-state index in [-0.39, 0.29) is 5.91 Å². The Labute approximate surface area is 135 Å². The van der Waals surface area contributed by atoms with Gasteiger partial charge in [0, 0.05) is 38.8 Å². The molecule has 1 aromatic heterocycles. The van der Waals surface area contributed by atoms with Crippen molar-refractivity contribution in [2.75, 3.05) is 43.4 Å². The number of hydrogen-bond donors (Lipinski definition) is 2. The maximum absolute atomic E-state index is 11.8. The summed E-state index contributed by atoms with van der Waals surface area (Å²) in [5.74, 6) is 3.64. The molecule has 1 aromatic rings. The average molecular weight is 317 g/mol. The third kappa shape index (κ3) is 2.43. The fraction of sp³-hybridized carbons (Fsp3) is 0.688. The number of aliphatic hydroxyl groups is 1. The predicted molar refractivity (Wildman–Crippen MR) is 86.2 cm³/mol. The molecule has 7 nitrogen and oxygen atoms in total. The van der Waals surface area contributed by atoms with Crippen molar-refractivity contribution in [3.8, 4) is 0 Å². The van der Waals surface area contributed by atoms with Crippen LogP contribution < -0.4 is 10.2 Å². The summed E-state index contributed by atoms with van der Waals surface area (Å²) in [7, 11) is 2.09. The zero-order valence-corrected chi connectivity index (χ0v) is 13.6. The van der Waals surface area contributed by atoms with E-state index < -0.39 is 6.10 Å². The second-order valence-electron chi connectivity index (χ2n) is 6.99. The van der Waals surface area contributed by atoms with E-state index in [0.29, 0.717) is 17.8 Å². The first-order chi connectivity index (χ1) is 11.1. The summed E-state index contributed by atoms with van der Waals surface area (Å²) in [5.41, 5.74) is 1.21. The molecule has 4 rings (SSSR count). The Bertz CT molecular complexity index is 623. The van der Waals surface area contributed by atoms with E-state index in [9.17, 15) is 9.90 Å². The van der Waals surface area contributed by atoms with Crippen molar-refractivity contribution in [3.63, 3.8) is 0 Å². The van der Waals surface area contributed by atoms with Gasteiger partial charge in [-0.3, -0.25) is 4.79 Å². The number of nitrogens with one attached hydrogen (secondary N) is 1. The van der Waals surface area contributed by atoms with E-state index in [4.69, 9.17) is 0 Å². The van der Waals surface area contributed by atoms with Gasteiger partial charge >= 0.3 is 0 Å². The average Bonchev–Trinajstić information content (AvgIpc) is 2.96. The van der Waals surface area contributed by atoms with Gasteiger partial charge < -0.3 is 20.2 Å². The highest BCUT2D eigenvalue weighted by molar-refractivity contribution is 5.80. The van der Waals surface area contributed by atoms with E-state index >= 15 is 0 Å². The summed E-state index contributed by atoms with van der Waals surface area (Å²) < 4.78 is 0. The largest absolute Gasteiger partial charge is 0.384 e. The Morgan fingerprint density at radius 3 is 2.91 bits per heavy atom. The molecule has 1 saturated carbocycles. The van der Waals surface area contributed by atoms with Gasteiger partial charge in [0.15, 0.2) is 0 Å². The number of aliphatic hydroxyl groups excluding tert-OH is 1. The summed E-state index contributed by atoms with van der Waals surface area (Å²) in [6, 6.07) is 0. The Balaban J connectivity index is 1.37. The molecule has 0 radical (unpaired) electrons. The van der Waals surface area contributed by atoms with Gasteiger partial charge in [0.25, 0.3) is 5.91 Å². The zero-order chi connectivity index (χ0) is 16.1. The van der Waals surface area contributed by atoms with Crippen LogP contribution in [0.5, 0.6) is 0 Å². The minimum atomic E-state index is -0.885. The molecule has 23 heavy (non-hydrogen) atoms. The van der Waals surface area contributed by atoms with Crippen LogP contribution >= 0.6 is 0 Å². The quantitative estimate of drug-likeness (QED) is 0.811. The number of anilines is 2. The van der Waals surface area contributed by atoms with Gasteiger partial charge in [-0.25, -0.2) is 9.97 Å². The Hall–Kier alpha value is -1.89. The Morgan fingerprint density at radius 1 is 1.48 bits per heavy atom. The number of fused-ring (bicyclic) bond motifs is 2. The molecule has 1 saturated heterocycles. The van der Waals surface area contributed by atoms with Crippen LogP contribution in [0.2, 0.25) is 0 Å². The van der Waals surface area contributed by atoms with Crippen molar-refractivity contribution in [1.29, 1.82) is 0 Å². The summed E-state index contributed by atoms with van der Waals surface area (Å²) in [6.07, 6.45) is 1.72. The number of carbonyl (C=O) groups excluding carboxylic acids is 1. The number of rotatable bonds is 4. The van der Waals surface area contributed by atoms with Gasteiger partial charge in [-0.2, -0.15) is 0 Å². The van der Waals surface area contributed by atoms with Crippen molar-refractivity contribution in [3.05, 3.63) is 11.9 Å². The van der Waals surface area contributed by atoms with Crippen LogP contribution in [0.25, 0.3) is 0 Å². The minimum absolute atomic E-state index is 0.135. The number of hydrogen-bond acceptors (Lipinski definition) is 6. The fourth-order valence-corrected chi connectivity index (χ4v) is 4.19. The molecule has 2 N–H and O–H groups in total. The van der Waals surface area contributed by atoms with Crippen molar-refractivity contribution in [2.24, 2.45) is 17.8 Å². The van der Waals surface area contributed by atoms with Crippen LogP contribution in [0, 0.1) is 17.8 Å². The second-order valence-corrected chi connectivity index (χ2v) is 6.99. The molecule has 0 spiro atoms. The predicted octanol–water partition coefficient (Wildman–Crippen LogP) is -0.0340. The summed E-state index contributed by atoms with van der Waals surface area (Å²) in [5, 5.41) is 12.7. The van der Waals surface area contributed by atoms with Gasteiger partial charge in [-0.1, -0.05) is 0 Å². The van der Waals surface area contributed by atoms with Gasteiger partial charge in [0.05, 0.1) is 0 Å². The molecule has 0 aromatic carbocycles. The Kier molecular flexibility index (Phi) is 3.41. The molecule has 1 amide bonds. The van der Waals surface area contributed by atoms with E-state index in [0.717, 1.165) is 44.2 Å². The molecule has 7 heteroatoms. The number of aromatic nitrogens is 2. The molecule has 2 aliphatic heterocycles. The van der Waals surface area contributed by atoms with Crippen LogP contribution in [0.4, 0.5) is 11.6 Å². The molecular formula is C16H23N5O2. The third-order valence-corrected chi connectivity index (χ3v) is 5.48. The van der Waals surface area contributed by atoms with Crippen LogP contribution in [0.1, 0.15) is 12.5 Å². The second kappa shape index (κ2) is 5.33. The summed E-state index contributed by atoms with van der Waals surface area (Å²) >= 11 is 0. The van der Waals surface area contributed by atoms with Crippen LogP contribution in [-0.2, 0) is 11.2 Å². The highest BCUT2D eigenvalue weighted by Crippen LogP contribution is 2.52. The lowest BCUT2D eigenvalue weighted by Crippen LogP contribution is -2.38. The summed E-state index contributed by atoms with van der Waals surface area (Å²) in [4.78, 5) is 24.6. The highest BCUT2D eigenvalue weighted by Gasteiger charge is 2.56. The van der Waals surface area contributed by atoms with Crippen molar-refractivity contribution in [2.45, 2.75) is 19.4 Å². The maximum atomic E-state index is 11.8. The molecule has 3 aliphatic rings. The molecule has 0 bridgehead atoms. The molecule has 2 fully saturated rings. The number of likely N-dealkylation sites (tertiary alicyclic amines) is 1. The molecule has 124 valence electrons. The fourth-order valence-electron chi connectivity index (χ4n) is 4.19. The first kappa shape index (κ1) is 14.7. The van der Waals surface area contributed by atoms with E-state index in [1.807, 2.05) is 4.90 Å². The lowest BCUT2D eigenvalue weighted by molar-refractivity contribution is -0.138. The lowest BCUT2D eigenvalue weighted by atomic mass is 10.2. The van der Waals surface area contributed by atoms with Crippen LogP contribution in [0.15, 0.2) is 6.33 Å². The highest BCUT2D eigenvalue weighted by atomic mass is 16.3. The van der Waals surface area contributed by atoms with E-state index in [1.165, 1.54) is 5.56 Å². The lowest BCUT2D eigenvalue weighted by Gasteiger charge is -2.24. The van der Waals surface area contributed by atoms with Gasteiger partial charge in [0.2, 0.25) is 0 Å². The molecule has 2 unspecified atom stereocenters. The van der Waals surface area contributed by atoms with Crippen LogP contribution in [-0.4, -0.2) is 65.2 Å². The Morgan fingerprint density at radius 2 is 2.22 bits per heavy atom. The first-order valence-electron chi connectivity index (χ1n) is 8.32. The maximum Gasteiger partial charge on any atom is 0.251 e. The SMILES string of the molecule is CC(O)C(=O)N1C[C@@H]2C(CN(C)c3ncnc4c3CCN4)[C@@H]2C1. The van der Waals surface area contributed by atoms with Crippen molar-refractivity contribution < 1.29 is 9.90 Å². The van der Waals surface area contributed by atoms with Gasteiger partial charge in [0.1, 0.15) is 24.1 Å². The smallest absolute Gasteiger partial charge is 0.251 e. The summed E-state index contributed by atoms with van der Waals surface area (Å²) in [6.45, 7) is 5.02. The number of carbonyl (C=O) groups is 1. The normalized spacial score (nSPS) is 28.8. The molecular weight excluding hydrogens is 294 g/mol. The van der Waals surface area contributed by atoms with Gasteiger partial charge in [-0.15, -0.1) is 0 Å². The molecule has 1 aliphatic carbocycles. The van der Waals surface area contributed by atoms with E-state index in [2.05, 4.69) is 27.2 Å². The topological polar surface area (TPSA) is 81.6 Å². The third-order valence-electron chi connectivity index (χ3n) is 5.48. The zero-order valence-electron chi connectivity index (χ0n) is 13.6. The van der Waals surface area contributed by atoms with Gasteiger partial charge in [-0.05, 0) is 31.1 Å². The first-order valence-corrected chi connectivity index (χ1v) is 8.32. The molecule has 3 heterocycles. The van der Waals surface area contributed by atoms with Crippen LogP contribution in [0.3, 0.4) is 0 Å². The number of amides is 1. The monoisotopic (exact) mass is 317 g/mol. The standard InChI is InChI=1S/C16H23N5O2/c1-9(22)16(23)21-6-12-11(13(12)7-21)5-20(2)15-10-3-4-17-14(10)18-8-19-15/h8-9,11-13,22H,3-7H2,1-2H3,(H,17,18,19)/t9?,11?,12-,13+. The number of nitrogens with zero attached hydrogens (tertiary/aromatic N) is 4. The van der Waals surface area contributed by atoms with E-state index in [1.54, 1.807) is 13.3 Å². The minimum Gasteiger partial charge on any atom is -0.384 e. The number of piperidine rings is 1. The van der Waals surface area contributed by atoms with Crippen molar-refractivity contribution >= 4 is 17.5 Å².